The number of aromatic nitrogens is 2. The Bertz CT molecular complexity index is 3060. The third-order valence-electron chi connectivity index (χ3n) is 10.4. The lowest BCUT2D eigenvalue weighted by atomic mass is 9.85. The van der Waals surface area contributed by atoms with Crippen LogP contribution in [0.15, 0.2) is 188 Å². The molecule has 0 saturated heterocycles. The molecule has 2 aromatic heterocycles. The van der Waals surface area contributed by atoms with E-state index in [-0.39, 0.29) is 0 Å². The number of nitriles is 1. The molecule has 246 valence electrons. The molecule has 2 heterocycles. The summed E-state index contributed by atoms with van der Waals surface area (Å²) in [6.07, 6.45) is 1.88. The summed E-state index contributed by atoms with van der Waals surface area (Å²) in [6, 6.07) is 66.7. The average molecular weight is 674 g/mol. The second-order valence-electron chi connectivity index (χ2n) is 13.5. The fourth-order valence-electron chi connectivity index (χ4n) is 8.07. The van der Waals surface area contributed by atoms with E-state index in [1.165, 1.54) is 27.5 Å². The molecule has 0 N–H and O–H groups in total. The van der Waals surface area contributed by atoms with Crippen LogP contribution in [-0.4, -0.2) is 9.55 Å². The number of pyridine rings is 1. The average Bonchev–Trinajstić information content (AvgIpc) is 3.57. The maximum atomic E-state index is 9.93. The van der Waals surface area contributed by atoms with Crippen molar-refractivity contribution in [3.05, 3.63) is 194 Å². The van der Waals surface area contributed by atoms with Crippen LogP contribution in [0.1, 0.15) is 5.56 Å². The van der Waals surface area contributed by atoms with Crippen molar-refractivity contribution in [3.8, 4) is 56.3 Å². The van der Waals surface area contributed by atoms with Crippen molar-refractivity contribution in [3.63, 3.8) is 0 Å². The van der Waals surface area contributed by atoms with Crippen molar-refractivity contribution in [1.29, 1.82) is 5.26 Å². The highest BCUT2D eigenvalue weighted by atomic mass is 15.0. The number of hydrogen-bond acceptors (Lipinski definition) is 2. The van der Waals surface area contributed by atoms with Crippen LogP contribution in [0.5, 0.6) is 0 Å². The van der Waals surface area contributed by atoms with Gasteiger partial charge in [-0.1, -0.05) is 127 Å². The first-order chi connectivity index (χ1) is 26.2. The molecule has 53 heavy (non-hydrogen) atoms. The summed E-state index contributed by atoms with van der Waals surface area (Å²) in [6.45, 7) is 0. The van der Waals surface area contributed by atoms with Gasteiger partial charge in [0, 0.05) is 22.7 Å². The Kier molecular flexibility index (Phi) is 7.20. The van der Waals surface area contributed by atoms with Gasteiger partial charge < -0.3 is 0 Å². The monoisotopic (exact) mass is 673 g/mol. The van der Waals surface area contributed by atoms with Crippen LogP contribution in [0.2, 0.25) is 0 Å². The smallest absolute Gasteiger partial charge is 0.145 e. The van der Waals surface area contributed by atoms with Gasteiger partial charge >= 0.3 is 0 Å². The molecule has 0 bridgehead atoms. The first kappa shape index (κ1) is 30.5. The second-order valence-corrected chi connectivity index (χ2v) is 13.5. The highest BCUT2D eigenvalue weighted by Crippen LogP contribution is 2.45. The Hall–Kier alpha value is -7.28. The fraction of sp³-hybridized carbons (Fsp3) is 0. The first-order valence-electron chi connectivity index (χ1n) is 17.8. The first-order valence-corrected chi connectivity index (χ1v) is 17.8. The van der Waals surface area contributed by atoms with E-state index in [0.29, 0.717) is 5.56 Å². The Morgan fingerprint density at radius 2 is 1.00 bits per heavy atom. The Labute approximate surface area is 307 Å². The zero-order valence-electron chi connectivity index (χ0n) is 28.7. The van der Waals surface area contributed by atoms with Crippen LogP contribution >= 0.6 is 0 Å². The number of fused-ring (bicyclic) bond motifs is 5. The van der Waals surface area contributed by atoms with Gasteiger partial charge in [0.1, 0.15) is 5.65 Å². The number of hydrogen-bond donors (Lipinski definition) is 0. The quantitative estimate of drug-likeness (QED) is 0.171. The Balaban J connectivity index is 1.16. The zero-order valence-corrected chi connectivity index (χ0v) is 28.7. The SMILES string of the molecule is N#Cc1ccc2c(-c3cccc(-c4ccc5c(c4)c4cccnc4n5-c4cccc(-c5ccccc5)c4)c3)c3ccccc3c(-c3ccccc3)c2c1. The van der Waals surface area contributed by atoms with Crippen molar-refractivity contribution in [2.75, 3.05) is 0 Å². The maximum Gasteiger partial charge on any atom is 0.145 e. The van der Waals surface area contributed by atoms with E-state index in [2.05, 4.69) is 168 Å². The largest absolute Gasteiger partial charge is 0.294 e. The molecule has 10 rings (SSSR count). The lowest BCUT2D eigenvalue weighted by molar-refractivity contribution is 1.14. The summed E-state index contributed by atoms with van der Waals surface area (Å²) in [7, 11) is 0. The number of rotatable bonds is 5. The van der Waals surface area contributed by atoms with Crippen LogP contribution in [0.25, 0.3) is 93.7 Å². The minimum Gasteiger partial charge on any atom is -0.294 e. The lowest BCUT2D eigenvalue weighted by Crippen LogP contribution is -1.95. The van der Waals surface area contributed by atoms with Gasteiger partial charge in [-0.15, -0.1) is 0 Å². The molecule has 10 aromatic rings. The summed E-state index contributed by atoms with van der Waals surface area (Å²) in [5.41, 5.74) is 13.0. The summed E-state index contributed by atoms with van der Waals surface area (Å²) in [4.78, 5) is 4.90. The lowest BCUT2D eigenvalue weighted by Gasteiger charge is -2.18. The topological polar surface area (TPSA) is 41.6 Å². The van der Waals surface area contributed by atoms with E-state index in [0.717, 1.165) is 66.2 Å². The molecule has 0 amide bonds. The van der Waals surface area contributed by atoms with E-state index >= 15 is 0 Å². The Morgan fingerprint density at radius 3 is 1.77 bits per heavy atom. The highest BCUT2D eigenvalue weighted by molar-refractivity contribution is 6.21. The number of nitrogens with zero attached hydrogens (tertiary/aromatic N) is 3. The molecule has 0 aliphatic carbocycles. The van der Waals surface area contributed by atoms with Gasteiger partial charge in [0.25, 0.3) is 0 Å². The molecule has 8 aromatic carbocycles. The molecule has 0 radical (unpaired) electrons. The molecular formula is C50H31N3. The van der Waals surface area contributed by atoms with Crippen molar-refractivity contribution < 1.29 is 0 Å². The molecule has 0 fully saturated rings. The van der Waals surface area contributed by atoms with Gasteiger partial charge in [-0.2, -0.15) is 5.26 Å². The van der Waals surface area contributed by atoms with Crippen molar-refractivity contribution in [1.82, 2.24) is 9.55 Å². The van der Waals surface area contributed by atoms with Crippen LogP contribution in [0.3, 0.4) is 0 Å². The standard InChI is InChI=1S/C50H31N3/c51-32-33-23-25-43-46(28-33)48(35-14-5-2-6-15-35)41-20-7-8-21-42(41)49(43)39-18-9-16-36(29-39)38-24-26-47-45(31-38)44-22-11-27-52-50(44)53(47)40-19-10-17-37(30-40)34-12-3-1-4-13-34/h1-31H. The molecule has 0 spiro atoms. The summed E-state index contributed by atoms with van der Waals surface area (Å²) in [5, 5.41) is 16.8. The third kappa shape index (κ3) is 5.08. The highest BCUT2D eigenvalue weighted by Gasteiger charge is 2.19. The fourth-order valence-corrected chi connectivity index (χ4v) is 8.07. The van der Waals surface area contributed by atoms with Crippen LogP contribution in [-0.2, 0) is 0 Å². The van der Waals surface area contributed by atoms with E-state index < -0.39 is 0 Å². The molecule has 3 nitrogen and oxygen atoms in total. The summed E-state index contributed by atoms with van der Waals surface area (Å²) >= 11 is 0. The molecule has 0 atom stereocenters. The minimum absolute atomic E-state index is 0.651. The van der Waals surface area contributed by atoms with Gasteiger partial charge in [-0.3, -0.25) is 4.57 Å². The predicted molar refractivity (Wildman–Crippen MR) is 220 cm³/mol. The van der Waals surface area contributed by atoms with Gasteiger partial charge in [0.2, 0.25) is 0 Å². The van der Waals surface area contributed by atoms with E-state index in [9.17, 15) is 5.26 Å². The maximum absolute atomic E-state index is 9.93. The third-order valence-corrected chi connectivity index (χ3v) is 10.4. The molecule has 0 unspecified atom stereocenters. The van der Waals surface area contributed by atoms with E-state index in [1.54, 1.807) is 0 Å². The van der Waals surface area contributed by atoms with Crippen molar-refractivity contribution >= 4 is 43.5 Å². The van der Waals surface area contributed by atoms with Crippen molar-refractivity contribution in [2.24, 2.45) is 0 Å². The van der Waals surface area contributed by atoms with E-state index in [4.69, 9.17) is 4.98 Å². The van der Waals surface area contributed by atoms with Crippen LogP contribution in [0, 0.1) is 11.3 Å². The second kappa shape index (κ2) is 12.5. The minimum atomic E-state index is 0.651. The van der Waals surface area contributed by atoms with Gasteiger partial charge in [0.05, 0.1) is 17.1 Å². The predicted octanol–water partition coefficient (Wildman–Crippen LogP) is 13.0. The summed E-state index contributed by atoms with van der Waals surface area (Å²) in [5.74, 6) is 0. The van der Waals surface area contributed by atoms with E-state index in [1.807, 2.05) is 30.5 Å². The van der Waals surface area contributed by atoms with Gasteiger partial charge in [-0.05, 0) is 121 Å². The molecule has 3 heteroatoms. The van der Waals surface area contributed by atoms with Gasteiger partial charge in [0.15, 0.2) is 0 Å². The molecular weight excluding hydrogens is 643 g/mol. The molecule has 0 saturated carbocycles. The van der Waals surface area contributed by atoms with Crippen LogP contribution in [0.4, 0.5) is 0 Å². The molecule has 0 aliphatic rings. The van der Waals surface area contributed by atoms with Gasteiger partial charge in [-0.25, -0.2) is 4.98 Å². The number of benzene rings is 8. The van der Waals surface area contributed by atoms with Crippen LogP contribution < -0.4 is 0 Å². The zero-order chi connectivity index (χ0) is 35.3. The Morgan fingerprint density at radius 1 is 0.396 bits per heavy atom. The summed E-state index contributed by atoms with van der Waals surface area (Å²) < 4.78 is 2.28. The normalized spacial score (nSPS) is 11.4. The van der Waals surface area contributed by atoms with Crippen molar-refractivity contribution in [2.45, 2.75) is 0 Å². The molecule has 0 aliphatic heterocycles.